The van der Waals surface area contributed by atoms with Gasteiger partial charge in [-0.25, -0.2) is 0 Å². The SMILES string of the molecule is c1ccc(-c2c(-c3ccccc3)c(-c3ccc(N(c4ccccc4)c4ccccc4)cc3)c(-c3ccccc3)c(-c3ccccc3)c2-c2ccc(N(c3ccccc3)c3ccccc3)cc2)cc1. The van der Waals surface area contributed by atoms with Crippen LogP contribution < -0.4 is 9.80 Å². The lowest BCUT2D eigenvalue weighted by molar-refractivity contribution is 1.28. The first-order valence-corrected chi connectivity index (χ1v) is 23.3. The third-order valence-corrected chi connectivity index (χ3v) is 12.6. The molecule has 0 aromatic heterocycles. The highest BCUT2D eigenvalue weighted by molar-refractivity contribution is 6.15. The highest BCUT2D eigenvalue weighted by Crippen LogP contribution is 2.56. The van der Waals surface area contributed by atoms with Gasteiger partial charge in [-0.3, -0.25) is 0 Å². The van der Waals surface area contributed by atoms with Crippen molar-refractivity contribution < 1.29 is 0 Å². The maximum atomic E-state index is 2.33. The normalized spacial score (nSPS) is 10.9. The van der Waals surface area contributed by atoms with Crippen LogP contribution in [0.5, 0.6) is 0 Å². The molecule has 0 atom stereocenters. The van der Waals surface area contributed by atoms with E-state index in [2.05, 4.69) is 301 Å². The van der Waals surface area contributed by atoms with E-state index in [-0.39, 0.29) is 0 Å². The molecule has 0 spiro atoms. The van der Waals surface area contributed by atoms with Crippen molar-refractivity contribution in [3.63, 3.8) is 0 Å². The summed E-state index contributed by atoms with van der Waals surface area (Å²) in [7, 11) is 0. The van der Waals surface area contributed by atoms with E-state index >= 15 is 0 Å². The molecule has 0 saturated carbocycles. The maximum absolute atomic E-state index is 2.33. The Morgan fingerprint density at radius 1 is 0.132 bits per heavy atom. The molecule has 0 aliphatic heterocycles. The van der Waals surface area contributed by atoms with Crippen molar-refractivity contribution in [2.75, 3.05) is 9.80 Å². The maximum Gasteiger partial charge on any atom is 0.0462 e. The van der Waals surface area contributed by atoms with E-state index in [0.29, 0.717) is 0 Å². The van der Waals surface area contributed by atoms with Crippen molar-refractivity contribution >= 4 is 34.1 Å². The van der Waals surface area contributed by atoms with Gasteiger partial charge in [0.1, 0.15) is 0 Å². The van der Waals surface area contributed by atoms with Crippen molar-refractivity contribution in [2.24, 2.45) is 0 Å². The van der Waals surface area contributed by atoms with Gasteiger partial charge in [0.15, 0.2) is 0 Å². The lowest BCUT2D eigenvalue weighted by Gasteiger charge is -2.30. The van der Waals surface area contributed by atoms with Gasteiger partial charge in [0.2, 0.25) is 0 Å². The van der Waals surface area contributed by atoms with E-state index < -0.39 is 0 Å². The molecule has 11 aromatic carbocycles. The second-order valence-electron chi connectivity index (χ2n) is 16.8. The molecule has 68 heavy (non-hydrogen) atoms. The van der Waals surface area contributed by atoms with Gasteiger partial charge in [0, 0.05) is 34.1 Å². The smallest absolute Gasteiger partial charge is 0.0462 e. The van der Waals surface area contributed by atoms with E-state index in [1.54, 1.807) is 0 Å². The van der Waals surface area contributed by atoms with E-state index in [1.165, 1.54) is 33.4 Å². The fourth-order valence-electron chi connectivity index (χ4n) is 9.66. The zero-order valence-corrected chi connectivity index (χ0v) is 37.6. The molecule has 0 bridgehead atoms. The van der Waals surface area contributed by atoms with E-state index in [9.17, 15) is 0 Å². The van der Waals surface area contributed by atoms with Gasteiger partial charge in [0.25, 0.3) is 0 Å². The van der Waals surface area contributed by atoms with Crippen LogP contribution in [0.4, 0.5) is 34.1 Å². The number of para-hydroxylation sites is 4. The highest BCUT2D eigenvalue weighted by atomic mass is 15.1. The van der Waals surface area contributed by atoms with Crippen LogP contribution >= 0.6 is 0 Å². The molecule has 322 valence electrons. The lowest BCUT2D eigenvalue weighted by atomic mass is 9.74. The van der Waals surface area contributed by atoms with Crippen LogP contribution in [0.15, 0.2) is 291 Å². The Morgan fingerprint density at radius 3 is 0.471 bits per heavy atom. The lowest BCUT2D eigenvalue weighted by Crippen LogP contribution is -2.09. The summed E-state index contributed by atoms with van der Waals surface area (Å²) in [6.45, 7) is 0. The van der Waals surface area contributed by atoms with Gasteiger partial charge in [-0.15, -0.1) is 0 Å². The second kappa shape index (κ2) is 19.2. The molecule has 0 N–H and O–H groups in total. The van der Waals surface area contributed by atoms with Gasteiger partial charge in [0.05, 0.1) is 0 Å². The van der Waals surface area contributed by atoms with Crippen LogP contribution in [0.25, 0.3) is 66.8 Å². The Bertz CT molecular complexity index is 2950. The Balaban J connectivity index is 1.23. The molecule has 0 saturated heterocycles. The van der Waals surface area contributed by atoms with Gasteiger partial charge < -0.3 is 9.80 Å². The molecule has 0 amide bonds. The average Bonchev–Trinajstić information content (AvgIpc) is 3.43. The third-order valence-electron chi connectivity index (χ3n) is 12.6. The molecule has 2 heteroatoms. The highest BCUT2D eigenvalue weighted by Gasteiger charge is 2.29. The van der Waals surface area contributed by atoms with Gasteiger partial charge >= 0.3 is 0 Å². The molecular formula is C66H48N2. The monoisotopic (exact) mass is 868 g/mol. The van der Waals surface area contributed by atoms with Crippen molar-refractivity contribution in [3.8, 4) is 66.8 Å². The van der Waals surface area contributed by atoms with Crippen LogP contribution in [0.3, 0.4) is 0 Å². The summed E-state index contributed by atoms with van der Waals surface area (Å²) in [4.78, 5) is 4.66. The molecule has 2 nitrogen and oxygen atoms in total. The third kappa shape index (κ3) is 8.28. The number of benzene rings is 11. The average molecular weight is 869 g/mol. The molecular weight excluding hydrogens is 821 g/mol. The van der Waals surface area contributed by atoms with E-state index in [4.69, 9.17) is 0 Å². The van der Waals surface area contributed by atoms with Crippen LogP contribution in [-0.2, 0) is 0 Å². The molecule has 0 heterocycles. The minimum atomic E-state index is 1.08. The Hall–Kier alpha value is -8.98. The van der Waals surface area contributed by atoms with Crippen molar-refractivity contribution in [1.82, 2.24) is 0 Å². The zero-order chi connectivity index (χ0) is 45.5. The van der Waals surface area contributed by atoms with E-state index in [1.807, 2.05) is 0 Å². The Kier molecular flexibility index (Phi) is 11.8. The minimum absolute atomic E-state index is 1.08. The molecule has 11 aromatic rings. The molecule has 0 radical (unpaired) electrons. The Morgan fingerprint density at radius 2 is 0.279 bits per heavy atom. The summed E-state index contributed by atoms with van der Waals surface area (Å²) in [6, 6.07) is 105. The standard InChI is InChI=1S/C66H48N2/c1-9-25-49(26-10-1)61-62(50-27-11-2-12-28-50)66(54-43-47-60(48-44-54)68(57-37-21-7-22-38-57)58-39-23-8-24-40-58)64(52-31-15-4-16-32-52)63(51-29-13-3-14-30-51)65(61)53-41-45-59(46-42-53)67(55-33-17-5-18-34-55)56-35-19-6-20-36-56/h1-48H. The summed E-state index contributed by atoms with van der Waals surface area (Å²) in [5.74, 6) is 0. The molecule has 11 rings (SSSR count). The van der Waals surface area contributed by atoms with Crippen LogP contribution in [0, 0.1) is 0 Å². The quantitative estimate of drug-likeness (QED) is 0.121. The number of rotatable bonds is 12. The number of hydrogen-bond acceptors (Lipinski definition) is 2. The molecule has 0 fully saturated rings. The van der Waals surface area contributed by atoms with Crippen molar-refractivity contribution in [2.45, 2.75) is 0 Å². The predicted octanol–water partition coefficient (Wildman–Crippen LogP) is 18.6. The first kappa shape index (κ1) is 41.7. The fourth-order valence-corrected chi connectivity index (χ4v) is 9.66. The fraction of sp³-hybridized carbons (Fsp3) is 0. The van der Waals surface area contributed by atoms with Crippen molar-refractivity contribution in [1.29, 1.82) is 0 Å². The van der Waals surface area contributed by atoms with Crippen LogP contribution in [0.1, 0.15) is 0 Å². The second-order valence-corrected chi connectivity index (χ2v) is 16.8. The molecule has 0 aliphatic rings. The summed E-state index contributed by atoms with van der Waals surface area (Å²) in [5, 5.41) is 0. The minimum Gasteiger partial charge on any atom is -0.311 e. The zero-order valence-electron chi connectivity index (χ0n) is 37.6. The summed E-state index contributed by atoms with van der Waals surface area (Å²) < 4.78 is 0. The summed E-state index contributed by atoms with van der Waals surface area (Å²) in [6.07, 6.45) is 0. The first-order chi connectivity index (χ1) is 33.8. The van der Waals surface area contributed by atoms with E-state index in [0.717, 1.165) is 67.5 Å². The Labute approximate surface area is 400 Å². The number of anilines is 6. The number of hydrogen-bond donors (Lipinski definition) is 0. The number of nitrogens with zero attached hydrogens (tertiary/aromatic N) is 2. The van der Waals surface area contributed by atoms with Gasteiger partial charge in [-0.05, 0) is 140 Å². The molecule has 0 aliphatic carbocycles. The topological polar surface area (TPSA) is 6.48 Å². The van der Waals surface area contributed by atoms with Crippen LogP contribution in [-0.4, -0.2) is 0 Å². The van der Waals surface area contributed by atoms with Gasteiger partial charge in [-0.1, -0.05) is 218 Å². The van der Waals surface area contributed by atoms with Gasteiger partial charge in [-0.2, -0.15) is 0 Å². The summed E-state index contributed by atoms with van der Waals surface area (Å²) in [5.41, 5.74) is 20.5. The largest absolute Gasteiger partial charge is 0.311 e. The predicted molar refractivity (Wildman–Crippen MR) is 288 cm³/mol. The molecule has 0 unspecified atom stereocenters. The summed E-state index contributed by atoms with van der Waals surface area (Å²) >= 11 is 0. The van der Waals surface area contributed by atoms with Crippen LogP contribution in [0.2, 0.25) is 0 Å². The first-order valence-electron chi connectivity index (χ1n) is 23.3. The van der Waals surface area contributed by atoms with Crippen molar-refractivity contribution in [3.05, 3.63) is 291 Å².